The van der Waals surface area contributed by atoms with Crippen LogP contribution in [0.3, 0.4) is 0 Å². The Labute approximate surface area is 257 Å². The van der Waals surface area contributed by atoms with Gasteiger partial charge in [-0.1, -0.05) is 121 Å². The van der Waals surface area contributed by atoms with Crippen molar-refractivity contribution in [2.75, 3.05) is 5.01 Å². The highest BCUT2D eigenvalue weighted by Gasteiger charge is 2.28. The van der Waals surface area contributed by atoms with Crippen molar-refractivity contribution in [2.45, 2.75) is 12.5 Å². The molecular formula is C39H30N4O. The lowest BCUT2D eigenvalue weighted by Crippen LogP contribution is -2.18. The van der Waals surface area contributed by atoms with E-state index >= 15 is 0 Å². The highest BCUT2D eigenvalue weighted by Crippen LogP contribution is 2.36. The highest BCUT2D eigenvalue weighted by atomic mass is 16.4. The van der Waals surface area contributed by atoms with Gasteiger partial charge >= 0.3 is 0 Å². The van der Waals surface area contributed by atoms with Crippen LogP contribution in [0.1, 0.15) is 34.7 Å². The van der Waals surface area contributed by atoms with E-state index in [1.165, 1.54) is 11.1 Å². The lowest BCUT2D eigenvalue weighted by Gasteiger charge is -2.24. The van der Waals surface area contributed by atoms with Crippen LogP contribution in [0.5, 0.6) is 0 Å². The largest absolute Gasteiger partial charge is 0.416 e. The van der Waals surface area contributed by atoms with Crippen molar-refractivity contribution in [3.05, 3.63) is 168 Å². The Hall–Kier alpha value is -5.81. The maximum atomic E-state index is 5.90. The predicted octanol–water partition coefficient (Wildman–Crippen LogP) is 9.59. The second kappa shape index (κ2) is 12.6. The topological polar surface area (TPSA) is 54.5 Å². The summed E-state index contributed by atoms with van der Waals surface area (Å²) in [5.74, 6) is 1.02. The van der Waals surface area contributed by atoms with Gasteiger partial charge in [-0.3, -0.25) is 5.01 Å². The summed E-state index contributed by atoms with van der Waals surface area (Å²) in [4.78, 5) is 0. The van der Waals surface area contributed by atoms with Crippen LogP contribution in [0, 0.1) is 0 Å². The van der Waals surface area contributed by atoms with E-state index < -0.39 is 0 Å². The summed E-state index contributed by atoms with van der Waals surface area (Å²) in [5.41, 5.74) is 8.55. The number of hydrogen-bond donors (Lipinski definition) is 0. The number of benzene rings is 5. The molecule has 5 aromatic carbocycles. The first-order valence-corrected chi connectivity index (χ1v) is 14.7. The molecule has 44 heavy (non-hydrogen) atoms. The van der Waals surface area contributed by atoms with Crippen LogP contribution in [0.2, 0.25) is 0 Å². The Balaban J connectivity index is 1.05. The summed E-state index contributed by atoms with van der Waals surface area (Å²) in [7, 11) is 0. The standard InChI is InChI=1S/C39H30N4O/c1-4-10-29(11-5-1)20-25-35-28-37(32-12-6-2-7-13-32)43(42-35)36-26-21-31(22-27-36)17-16-30-18-23-34(24-19-30)39-41-40-38(44-39)33-14-8-3-9-15-33/h1-27,37H,28H2/b17-16+,25-20+. The van der Waals surface area contributed by atoms with Crippen molar-refractivity contribution in [2.24, 2.45) is 5.10 Å². The van der Waals surface area contributed by atoms with E-state index in [4.69, 9.17) is 9.52 Å². The highest BCUT2D eigenvalue weighted by molar-refractivity contribution is 6.01. The Morgan fingerprint density at radius 2 is 1.02 bits per heavy atom. The molecule has 0 bridgehead atoms. The molecule has 1 unspecified atom stereocenters. The average Bonchev–Trinajstić information content (AvgIpc) is 3.77. The molecule has 0 N–H and O–H groups in total. The van der Waals surface area contributed by atoms with Crippen molar-refractivity contribution in [1.29, 1.82) is 0 Å². The van der Waals surface area contributed by atoms with Gasteiger partial charge in [0.05, 0.1) is 17.4 Å². The lowest BCUT2D eigenvalue weighted by molar-refractivity contribution is 0.584. The van der Waals surface area contributed by atoms with Gasteiger partial charge in [-0.15, -0.1) is 10.2 Å². The summed E-state index contributed by atoms with van der Waals surface area (Å²) in [6.07, 6.45) is 9.34. The molecule has 0 spiro atoms. The first kappa shape index (κ1) is 27.0. The van der Waals surface area contributed by atoms with Gasteiger partial charge in [0.2, 0.25) is 11.8 Å². The number of allylic oxidation sites excluding steroid dienone is 1. The summed E-state index contributed by atoms with van der Waals surface area (Å²) < 4.78 is 5.90. The van der Waals surface area contributed by atoms with Crippen molar-refractivity contribution in [3.8, 4) is 22.9 Å². The van der Waals surface area contributed by atoms with Gasteiger partial charge in [0.15, 0.2) is 0 Å². The molecule has 5 heteroatoms. The van der Waals surface area contributed by atoms with Crippen LogP contribution in [-0.4, -0.2) is 15.9 Å². The monoisotopic (exact) mass is 570 g/mol. The quantitative estimate of drug-likeness (QED) is 0.171. The minimum Gasteiger partial charge on any atom is -0.416 e. The second-order valence-electron chi connectivity index (χ2n) is 10.6. The maximum Gasteiger partial charge on any atom is 0.248 e. The first-order chi connectivity index (χ1) is 21.8. The molecule has 0 fully saturated rings. The third-order valence-electron chi connectivity index (χ3n) is 7.62. The molecule has 5 nitrogen and oxygen atoms in total. The van der Waals surface area contributed by atoms with Crippen LogP contribution in [0.4, 0.5) is 5.69 Å². The van der Waals surface area contributed by atoms with Crippen molar-refractivity contribution in [3.63, 3.8) is 0 Å². The molecule has 0 saturated carbocycles. The van der Waals surface area contributed by atoms with Crippen LogP contribution < -0.4 is 5.01 Å². The first-order valence-electron chi connectivity index (χ1n) is 14.7. The number of aromatic nitrogens is 2. The Morgan fingerprint density at radius 1 is 0.523 bits per heavy atom. The number of hydrazone groups is 1. The van der Waals surface area contributed by atoms with Gasteiger partial charge in [0, 0.05) is 17.5 Å². The Bertz CT molecular complexity index is 1910. The van der Waals surface area contributed by atoms with E-state index in [-0.39, 0.29) is 6.04 Å². The van der Waals surface area contributed by atoms with Crippen LogP contribution in [0.15, 0.2) is 155 Å². The van der Waals surface area contributed by atoms with E-state index in [0.29, 0.717) is 11.8 Å². The molecule has 2 heterocycles. The molecule has 7 rings (SSSR count). The van der Waals surface area contributed by atoms with E-state index in [0.717, 1.165) is 40.1 Å². The molecule has 1 aliphatic rings. The molecule has 1 aliphatic heterocycles. The number of hydrogen-bond acceptors (Lipinski definition) is 5. The third-order valence-corrected chi connectivity index (χ3v) is 7.62. The number of rotatable bonds is 8. The molecule has 0 aliphatic carbocycles. The van der Waals surface area contributed by atoms with Crippen molar-refractivity contribution in [1.82, 2.24) is 10.2 Å². The summed E-state index contributed by atoms with van der Waals surface area (Å²) in [6, 6.07) is 47.6. The smallest absolute Gasteiger partial charge is 0.248 e. The molecule has 212 valence electrons. The third kappa shape index (κ3) is 6.18. The van der Waals surface area contributed by atoms with Crippen LogP contribution in [-0.2, 0) is 0 Å². The fraction of sp³-hybridized carbons (Fsp3) is 0.0513. The molecule has 6 aromatic rings. The molecule has 0 saturated heterocycles. The zero-order valence-corrected chi connectivity index (χ0v) is 24.1. The fourth-order valence-corrected chi connectivity index (χ4v) is 5.27. The van der Waals surface area contributed by atoms with Gasteiger partial charge in [-0.25, -0.2) is 0 Å². The molecule has 1 aromatic heterocycles. The number of anilines is 1. The van der Waals surface area contributed by atoms with Gasteiger partial charge in [-0.2, -0.15) is 5.10 Å². The minimum absolute atomic E-state index is 0.147. The SMILES string of the molecule is C(=C\c1ccccc1)/C1=NN(c2ccc(/C=C/c3ccc(-c4nnc(-c5ccccc5)o4)cc3)cc2)C(c2ccccc2)C1. The lowest BCUT2D eigenvalue weighted by atomic mass is 10.0. The predicted molar refractivity (Wildman–Crippen MR) is 180 cm³/mol. The van der Waals surface area contributed by atoms with E-state index in [2.05, 4.69) is 131 Å². The van der Waals surface area contributed by atoms with E-state index in [1.54, 1.807) is 0 Å². The summed E-state index contributed by atoms with van der Waals surface area (Å²) in [5, 5.41) is 15.6. The zero-order chi connectivity index (χ0) is 29.6. The molecule has 0 amide bonds. The van der Waals surface area contributed by atoms with E-state index in [1.807, 2.05) is 48.5 Å². The van der Waals surface area contributed by atoms with Crippen LogP contribution in [0.25, 0.3) is 41.1 Å². The number of nitrogens with zero attached hydrogens (tertiary/aromatic N) is 4. The van der Waals surface area contributed by atoms with Crippen molar-refractivity contribution >= 4 is 29.6 Å². The van der Waals surface area contributed by atoms with Gasteiger partial charge in [-0.05, 0) is 64.7 Å². The van der Waals surface area contributed by atoms with Crippen LogP contribution >= 0.6 is 0 Å². The minimum atomic E-state index is 0.147. The Morgan fingerprint density at radius 3 is 1.66 bits per heavy atom. The normalized spacial score (nSPS) is 14.9. The van der Waals surface area contributed by atoms with Crippen molar-refractivity contribution < 1.29 is 4.42 Å². The summed E-state index contributed by atoms with van der Waals surface area (Å²) >= 11 is 0. The Kier molecular flexibility index (Phi) is 7.74. The maximum absolute atomic E-state index is 5.90. The summed E-state index contributed by atoms with van der Waals surface area (Å²) in [6.45, 7) is 0. The van der Waals surface area contributed by atoms with Gasteiger partial charge in [0.1, 0.15) is 0 Å². The molecule has 0 radical (unpaired) electrons. The van der Waals surface area contributed by atoms with E-state index in [9.17, 15) is 0 Å². The molecular weight excluding hydrogens is 540 g/mol. The van der Waals surface area contributed by atoms with Gasteiger partial charge in [0.25, 0.3) is 0 Å². The van der Waals surface area contributed by atoms with Gasteiger partial charge < -0.3 is 4.42 Å². The zero-order valence-electron chi connectivity index (χ0n) is 24.1. The second-order valence-corrected chi connectivity index (χ2v) is 10.6. The molecule has 1 atom stereocenters. The average molecular weight is 571 g/mol. The fourth-order valence-electron chi connectivity index (χ4n) is 5.27.